The van der Waals surface area contributed by atoms with Crippen molar-refractivity contribution >= 4 is 47.6 Å². The van der Waals surface area contributed by atoms with E-state index in [0.29, 0.717) is 36.3 Å². The maximum atomic E-state index is 14.4. The number of aromatic hydroxyl groups is 1. The van der Waals surface area contributed by atoms with E-state index in [9.17, 15) is 48.6 Å². The van der Waals surface area contributed by atoms with Gasteiger partial charge < -0.3 is 63.3 Å². The van der Waals surface area contributed by atoms with E-state index in [0.717, 1.165) is 23.4 Å². The molecule has 0 aliphatic heterocycles. The third-order valence-electron chi connectivity index (χ3n) is 11.1. The van der Waals surface area contributed by atoms with Gasteiger partial charge in [0.25, 0.3) is 0 Å². The van der Waals surface area contributed by atoms with Gasteiger partial charge in [-0.15, -0.1) is 0 Å². The smallest absolute Gasteiger partial charge is 0.247 e. The molecule has 0 spiro atoms. The summed E-state index contributed by atoms with van der Waals surface area (Å²) in [4.78, 5) is 113. The minimum Gasteiger partial charge on any atom is -0.508 e. The lowest BCUT2D eigenvalue weighted by molar-refractivity contribution is -0.144. The molecule has 376 valence electrons. The number of hydrogen-bond donors (Lipinski definition) is 10. The molecule has 20 heteroatoms. The lowest BCUT2D eigenvalue weighted by atomic mass is 10.0. The largest absolute Gasteiger partial charge is 0.508 e. The lowest BCUT2D eigenvalue weighted by Gasteiger charge is -2.32. The first kappa shape index (κ1) is 56.6. The molecule has 0 unspecified atom stereocenters. The average Bonchev–Trinajstić information content (AvgIpc) is 3.31. The zero-order chi connectivity index (χ0) is 51.0. The number of aliphatic hydroxyl groups excluding tert-OH is 1. The van der Waals surface area contributed by atoms with Crippen LogP contribution < -0.4 is 43.4 Å². The number of rotatable bonds is 30. The quantitative estimate of drug-likeness (QED) is 0.0303. The molecular weight excluding hydrogens is 889 g/mol. The van der Waals surface area contributed by atoms with Gasteiger partial charge in [0.2, 0.25) is 41.4 Å². The molecule has 7 amide bonds. The summed E-state index contributed by atoms with van der Waals surface area (Å²) in [7, 11) is 1.23. The Balaban J connectivity index is 1.86. The topological polar surface area (TPSA) is 317 Å². The van der Waals surface area contributed by atoms with Gasteiger partial charge >= 0.3 is 0 Å². The summed E-state index contributed by atoms with van der Waals surface area (Å²) >= 11 is 0. The minimum atomic E-state index is -1.67. The molecule has 1 aromatic heterocycles. The van der Waals surface area contributed by atoms with Crippen molar-refractivity contribution in [3.8, 4) is 5.75 Å². The number of phenols is 1. The molecule has 0 aliphatic rings. The van der Waals surface area contributed by atoms with Crippen LogP contribution in [0.4, 0.5) is 0 Å². The van der Waals surface area contributed by atoms with E-state index < -0.39 is 96.7 Å². The fourth-order valence-electron chi connectivity index (χ4n) is 7.31. The molecule has 3 aromatic rings. The number of carbonyl (C=O) groups excluding carboxylic acids is 8. The molecular formula is C49H70N10O10. The van der Waals surface area contributed by atoms with Crippen molar-refractivity contribution in [2.75, 3.05) is 20.2 Å². The van der Waals surface area contributed by atoms with Crippen molar-refractivity contribution in [2.45, 2.75) is 127 Å². The summed E-state index contributed by atoms with van der Waals surface area (Å²) in [6.45, 7) is 7.45. The highest BCUT2D eigenvalue weighted by Crippen LogP contribution is 2.16. The maximum Gasteiger partial charge on any atom is 0.247 e. The maximum absolute atomic E-state index is 14.4. The van der Waals surface area contributed by atoms with E-state index in [1.165, 1.54) is 43.7 Å². The van der Waals surface area contributed by atoms with Gasteiger partial charge in [-0.3, -0.25) is 38.5 Å². The Hall–Kier alpha value is -6.77. The molecule has 0 aliphatic carbocycles. The lowest BCUT2D eigenvalue weighted by Crippen LogP contribution is -2.61. The Morgan fingerprint density at radius 2 is 1.29 bits per heavy atom. The molecule has 0 fully saturated rings. The highest BCUT2D eigenvalue weighted by Gasteiger charge is 2.37. The number of aldehydes is 1. The van der Waals surface area contributed by atoms with Gasteiger partial charge in [0, 0.05) is 38.3 Å². The number of benzene rings is 2. The fourth-order valence-corrected chi connectivity index (χ4v) is 7.31. The number of aromatic nitrogens is 1. The monoisotopic (exact) mass is 959 g/mol. The number of nitrogens with two attached hydrogens (primary N) is 2. The van der Waals surface area contributed by atoms with E-state index in [4.69, 9.17) is 11.5 Å². The van der Waals surface area contributed by atoms with Crippen LogP contribution >= 0.6 is 0 Å². The summed E-state index contributed by atoms with van der Waals surface area (Å²) < 4.78 is 0. The minimum absolute atomic E-state index is 0.0747. The summed E-state index contributed by atoms with van der Waals surface area (Å²) in [5, 5.41) is 36.7. The first-order valence-corrected chi connectivity index (χ1v) is 23.1. The summed E-state index contributed by atoms with van der Waals surface area (Å²) in [5.74, 6) is -6.24. The standard InChI is InChI=1S/C49H70N10O10/c1-30(2)22-38(45(65)54-35(28-60)15-9-10-21-53-31(3)4)56-47(67)40(26-43(51)63)57-48(68)42(25-33-16-18-36(62)19-17-33)59(5)49(69)41(29-61)58-46(66)39(24-34-14-11-20-52-27-34)55-44(64)37(50)23-32-12-7-6-8-13-32/h6-8,11-14,16-20,27-28,30-31,35,37-42,53,61-62H,9-10,15,21-26,29,50H2,1-5H3,(H2,51,63)(H,54,65)(H,55,64)(H,56,67)(H,57,68)(H,58,66)/t35-,37-,38-,39+,40+,41-,42-/m0/s1. The molecule has 2 aromatic carbocycles. The molecule has 1 heterocycles. The first-order valence-electron chi connectivity index (χ1n) is 23.1. The van der Waals surface area contributed by atoms with Gasteiger partial charge in [0.1, 0.15) is 42.2 Å². The van der Waals surface area contributed by atoms with E-state index in [-0.39, 0.29) is 37.4 Å². The second kappa shape index (κ2) is 29.2. The number of primary amides is 1. The number of unbranched alkanes of at least 4 members (excludes halogenated alkanes) is 1. The molecule has 0 saturated heterocycles. The van der Waals surface area contributed by atoms with Crippen LogP contribution in [0.5, 0.6) is 5.75 Å². The number of pyridine rings is 1. The highest BCUT2D eigenvalue weighted by atomic mass is 16.3. The van der Waals surface area contributed by atoms with Crippen molar-refractivity contribution in [1.29, 1.82) is 0 Å². The average molecular weight is 959 g/mol. The molecule has 0 saturated carbocycles. The molecule has 3 rings (SSSR count). The van der Waals surface area contributed by atoms with E-state index in [1.54, 1.807) is 36.4 Å². The van der Waals surface area contributed by atoms with Gasteiger partial charge in [-0.2, -0.15) is 0 Å². The van der Waals surface area contributed by atoms with Crippen molar-refractivity contribution < 1.29 is 48.6 Å². The van der Waals surface area contributed by atoms with Crippen LogP contribution in [0, 0.1) is 5.92 Å². The first-order chi connectivity index (χ1) is 32.8. The summed E-state index contributed by atoms with van der Waals surface area (Å²) in [6.07, 6.45) is 4.68. The number of likely N-dealkylation sites (N-methyl/N-ethyl adjacent to an activating group) is 1. The predicted molar refractivity (Wildman–Crippen MR) is 257 cm³/mol. The number of aliphatic hydroxyl groups is 1. The van der Waals surface area contributed by atoms with Crippen molar-refractivity contribution in [2.24, 2.45) is 17.4 Å². The van der Waals surface area contributed by atoms with Gasteiger partial charge in [0.15, 0.2) is 0 Å². The number of amides is 7. The Morgan fingerprint density at radius 3 is 1.88 bits per heavy atom. The van der Waals surface area contributed by atoms with Crippen LogP contribution in [-0.2, 0) is 57.6 Å². The Labute approximate surface area is 403 Å². The normalized spacial score (nSPS) is 14.2. The van der Waals surface area contributed by atoms with Crippen LogP contribution in [-0.4, -0.2) is 136 Å². The van der Waals surface area contributed by atoms with Gasteiger partial charge in [-0.25, -0.2) is 0 Å². The third-order valence-corrected chi connectivity index (χ3v) is 11.1. The van der Waals surface area contributed by atoms with E-state index in [2.05, 4.69) is 36.9 Å². The molecule has 12 N–H and O–H groups in total. The summed E-state index contributed by atoms with van der Waals surface area (Å²) in [6, 6.07) is 9.13. The van der Waals surface area contributed by atoms with E-state index in [1.807, 2.05) is 33.8 Å². The van der Waals surface area contributed by atoms with Crippen molar-refractivity contribution in [3.05, 3.63) is 95.8 Å². The SMILES string of the molecule is CC(C)C[C@H](NC(=O)[C@@H](CC(N)=O)NC(=O)[C@H](Cc1ccc(O)cc1)N(C)C(=O)[C@H](CO)NC(=O)[C@@H](Cc1cccnc1)NC(=O)[C@@H](N)Cc1ccccc1)C(=O)N[C@H](C=O)CCCCNC(C)C. The van der Waals surface area contributed by atoms with Crippen molar-refractivity contribution in [1.82, 2.24) is 41.8 Å². The van der Waals surface area contributed by atoms with Crippen molar-refractivity contribution in [3.63, 3.8) is 0 Å². The second-order valence-corrected chi connectivity index (χ2v) is 17.8. The Bertz CT molecular complexity index is 2130. The van der Waals surface area contributed by atoms with Crippen LogP contribution in [0.1, 0.15) is 76.5 Å². The zero-order valence-electron chi connectivity index (χ0n) is 40.1. The van der Waals surface area contributed by atoms with Crippen LogP contribution in [0.3, 0.4) is 0 Å². The van der Waals surface area contributed by atoms with Gasteiger partial charge in [-0.1, -0.05) is 76.2 Å². The van der Waals surface area contributed by atoms with Gasteiger partial charge in [0.05, 0.1) is 25.1 Å². The van der Waals surface area contributed by atoms with Crippen LogP contribution in [0.15, 0.2) is 79.1 Å². The third kappa shape index (κ3) is 20.2. The number of nitrogens with zero attached hydrogens (tertiary/aromatic N) is 2. The Kier molecular flexibility index (Phi) is 23.9. The van der Waals surface area contributed by atoms with Gasteiger partial charge in [-0.05, 0) is 79.5 Å². The number of hydrogen-bond acceptors (Lipinski definition) is 13. The fraction of sp³-hybridized carbons (Fsp3) is 0.490. The van der Waals surface area contributed by atoms with Crippen LogP contribution in [0.2, 0.25) is 0 Å². The highest BCUT2D eigenvalue weighted by molar-refractivity contribution is 5.98. The van der Waals surface area contributed by atoms with E-state index >= 15 is 0 Å². The number of carbonyl (C=O) groups is 8. The zero-order valence-corrected chi connectivity index (χ0v) is 40.1. The molecule has 69 heavy (non-hydrogen) atoms. The second-order valence-electron chi connectivity index (χ2n) is 17.8. The Morgan fingerprint density at radius 1 is 0.696 bits per heavy atom. The predicted octanol–water partition coefficient (Wildman–Crippen LogP) is -0.326. The number of nitrogens with one attached hydrogen (secondary N) is 6. The molecule has 0 bridgehead atoms. The number of phenolic OH excluding ortho intramolecular Hbond substituents is 1. The molecule has 0 radical (unpaired) electrons. The molecule has 7 atom stereocenters. The summed E-state index contributed by atoms with van der Waals surface area (Å²) in [5.41, 5.74) is 13.6. The van der Waals surface area contributed by atoms with Crippen LogP contribution in [0.25, 0.3) is 0 Å². The molecule has 20 nitrogen and oxygen atoms in total.